The third-order valence-electron chi connectivity index (χ3n) is 4.07. The minimum Gasteiger partial charge on any atom is -0.484 e. The Morgan fingerprint density at radius 3 is 2.64 bits per heavy atom. The lowest BCUT2D eigenvalue weighted by atomic mass is 10.1. The molecule has 0 saturated carbocycles. The average molecular weight is 356 g/mol. The van der Waals surface area contributed by atoms with Crippen LogP contribution >= 0.6 is 11.8 Å². The summed E-state index contributed by atoms with van der Waals surface area (Å²) in [5, 5.41) is 2.84. The van der Waals surface area contributed by atoms with E-state index in [2.05, 4.69) is 5.32 Å². The Labute approximate surface area is 151 Å². The number of fused-ring (bicyclic) bond motifs is 1. The molecule has 0 aliphatic carbocycles. The number of rotatable bonds is 5. The molecule has 1 aliphatic rings. The molecule has 0 saturated heterocycles. The quantitative estimate of drug-likeness (QED) is 0.835. The van der Waals surface area contributed by atoms with E-state index in [-0.39, 0.29) is 18.4 Å². The second-order valence-corrected chi connectivity index (χ2v) is 6.66. The summed E-state index contributed by atoms with van der Waals surface area (Å²) in [5.74, 6) is 0.491. The zero-order valence-electron chi connectivity index (χ0n) is 14.2. The monoisotopic (exact) mass is 356 g/mol. The zero-order valence-corrected chi connectivity index (χ0v) is 15.1. The molecule has 0 atom stereocenters. The van der Waals surface area contributed by atoms with Gasteiger partial charge in [0.15, 0.2) is 6.61 Å². The molecule has 0 radical (unpaired) electrons. The fourth-order valence-electron chi connectivity index (χ4n) is 2.82. The summed E-state index contributed by atoms with van der Waals surface area (Å²) in [7, 11) is 0. The van der Waals surface area contributed by atoms with Crippen LogP contribution < -0.4 is 15.0 Å². The van der Waals surface area contributed by atoms with Gasteiger partial charge in [-0.2, -0.15) is 0 Å². The van der Waals surface area contributed by atoms with Gasteiger partial charge in [0.1, 0.15) is 5.75 Å². The van der Waals surface area contributed by atoms with Gasteiger partial charge < -0.3 is 15.0 Å². The first-order chi connectivity index (χ1) is 12.1. The summed E-state index contributed by atoms with van der Waals surface area (Å²) in [5.41, 5.74) is 2.72. The van der Waals surface area contributed by atoms with E-state index in [9.17, 15) is 9.59 Å². The van der Waals surface area contributed by atoms with E-state index in [1.165, 1.54) is 0 Å². The van der Waals surface area contributed by atoms with Crippen LogP contribution in [0.1, 0.15) is 12.5 Å². The fraction of sp³-hybridized carbons (Fsp3) is 0.263. The highest BCUT2D eigenvalue weighted by molar-refractivity contribution is 7.98. The Bertz CT molecular complexity index is 790. The van der Waals surface area contributed by atoms with Gasteiger partial charge in [-0.25, -0.2) is 0 Å². The Kier molecular flexibility index (Phi) is 5.28. The van der Waals surface area contributed by atoms with Crippen molar-refractivity contribution < 1.29 is 14.3 Å². The van der Waals surface area contributed by atoms with Crippen LogP contribution in [0.4, 0.5) is 11.4 Å². The van der Waals surface area contributed by atoms with Crippen molar-refractivity contribution in [1.29, 1.82) is 0 Å². The van der Waals surface area contributed by atoms with Crippen LogP contribution in [0, 0.1) is 0 Å². The van der Waals surface area contributed by atoms with Crippen LogP contribution in [0.15, 0.2) is 47.4 Å². The predicted octanol–water partition coefficient (Wildman–Crippen LogP) is 3.34. The highest BCUT2D eigenvalue weighted by Crippen LogP contribution is 2.30. The highest BCUT2D eigenvalue weighted by Gasteiger charge is 2.22. The van der Waals surface area contributed by atoms with Crippen molar-refractivity contribution >= 4 is 35.0 Å². The summed E-state index contributed by atoms with van der Waals surface area (Å²) in [6, 6.07) is 13.2. The second-order valence-electron chi connectivity index (χ2n) is 5.78. The molecule has 2 amide bonds. The van der Waals surface area contributed by atoms with Crippen molar-refractivity contribution in [2.75, 3.05) is 29.6 Å². The number of ether oxygens (including phenoxy) is 1. The van der Waals surface area contributed by atoms with E-state index in [0.717, 1.165) is 28.3 Å². The molecular weight excluding hydrogens is 336 g/mol. The molecule has 0 spiro atoms. The number of hydrogen-bond acceptors (Lipinski definition) is 4. The third kappa shape index (κ3) is 4.14. The Morgan fingerprint density at radius 1 is 1.20 bits per heavy atom. The van der Waals surface area contributed by atoms with Crippen molar-refractivity contribution in [3.05, 3.63) is 48.0 Å². The Balaban J connectivity index is 1.57. The Morgan fingerprint density at radius 2 is 1.96 bits per heavy atom. The minimum atomic E-state index is -0.213. The predicted molar refractivity (Wildman–Crippen MR) is 101 cm³/mol. The van der Waals surface area contributed by atoms with Gasteiger partial charge in [-0.3, -0.25) is 9.59 Å². The van der Waals surface area contributed by atoms with E-state index in [1.54, 1.807) is 23.6 Å². The van der Waals surface area contributed by atoms with E-state index >= 15 is 0 Å². The molecule has 2 aromatic rings. The van der Waals surface area contributed by atoms with Crippen LogP contribution in [-0.4, -0.2) is 31.2 Å². The molecule has 3 rings (SSSR count). The van der Waals surface area contributed by atoms with E-state index in [1.807, 2.05) is 48.7 Å². The first kappa shape index (κ1) is 17.4. The number of anilines is 2. The van der Waals surface area contributed by atoms with E-state index < -0.39 is 0 Å². The average Bonchev–Trinajstić information content (AvgIpc) is 3.04. The molecule has 0 bridgehead atoms. The molecule has 1 heterocycles. The number of thioether (sulfide) groups is 1. The summed E-state index contributed by atoms with van der Waals surface area (Å²) in [6.07, 6.45) is 2.81. The largest absolute Gasteiger partial charge is 0.484 e. The van der Waals surface area contributed by atoms with Crippen LogP contribution in [0.3, 0.4) is 0 Å². The van der Waals surface area contributed by atoms with Gasteiger partial charge in [0.2, 0.25) is 5.91 Å². The van der Waals surface area contributed by atoms with Crippen molar-refractivity contribution in [2.45, 2.75) is 18.2 Å². The number of nitrogens with one attached hydrogen (secondary N) is 1. The van der Waals surface area contributed by atoms with Gasteiger partial charge in [-0.15, -0.1) is 11.8 Å². The number of amides is 2. The van der Waals surface area contributed by atoms with E-state index in [4.69, 9.17) is 4.74 Å². The van der Waals surface area contributed by atoms with Gasteiger partial charge in [0.25, 0.3) is 5.91 Å². The molecule has 1 N–H and O–H groups in total. The number of nitrogens with zero attached hydrogens (tertiary/aromatic N) is 1. The smallest absolute Gasteiger partial charge is 0.262 e. The molecule has 0 fully saturated rings. The molecular formula is C19H20N2O3S. The maximum Gasteiger partial charge on any atom is 0.262 e. The molecule has 0 aromatic heterocycles. The van der Waals surface area contributed by atoms with Crippen LogP contribution in [-0.2, 0) is 16.0 Å². The number of benzene rings is 2. The van der Waals surface area contributed by atoms with Crippen molar-refractivity contribution in [3.8, 4) is 5.75 Å². The molecule has 0 unspecified atom stereocenters. The molecule has 1 aliphatic heterocycles. The van der Waals surface area contributed by atoms with Crippen molar-refractivity contribution in [3.63, 3.8) is 0 Å². The van der Waals surface area contributed by atoms with Crippen LogP contribution in [0.2, 0.25) is 0 Å². The third-order valence-corrected chi connectivity index (χ3v) is 4.81. The first-order valence-corrected chi connectivity index (χ1v) is 9.27. The maximum atomic E-state index is 12.1. The highest BCUT2D eigenvalue weighted by atomic mass is 32.2. The van der Waals surface area contributed by atoms with Crippen LogP contribution in [0.25, 0.3) is 0 Å². The molecule has 6 heteroatoms. The van der Waals surface area contributed by atoms with Gasteiger partial charge in [0, 0.05) is 29.7 Å². The van der Waals surface area contributed by atoms with Gasteiger partial charge in [-0.1, -0.05) is 0 Å². The normalized spacial score (nSPS) is 12.6. The SMILES string of the molecule is CSc1ccc(OCC(=O)Nc2ccc3c(c2)CCN3C(C)=O)cc1. The summed E-state index contributed by atoms with van der Waals surface area (Å²) < 4.78 is 5.51. The number of carbonyl (C=O) groups excluding carboxylic acids is 2. The maximum absolute atomic E-state index is 12.1. The topological polar surface area (TPSA) is 58.6 Å². The van der Waals surface area contributed by atoms with Crippen molar-refractivity contribution in [1.82, 2.24) is 0 Å². The summed E-state index contributed by atoms with van der Waals surface area (Å²) >= 11 is 1.66. The van der Waals surface area contributed by atoms with Crippen LogP contribution in [0.5, 0.6) is 5.75 Å². The summed E-state index contributed by atoms with van der Waals surface area (Å²) in [6.45, 7) is 2.21. The molecule has 5 nitrogen and oxygen atoms in total. The number of hydrogen-bond donors (Lipinski definition) is 1. The lowest BCUT2D eigenvalue weighted by molar-refractivity contribution is -0.118. The molecule has 25 heavy (non-hydrogen) atoms. The fourth-order valence-corrected chi connectivity index (χ4v) is 3.23. The Hall–Kier alpha value is -2.47. The standard InChI is InChI=1S/C19H20N2O3S/c1-13(22)21-10-9-14-11-15(3-8-18(14)21)20-19(23)12-24-16-4-6-17(25-2)7-5-16/h3-8,11H,9-10,12H2,1-2H3,(H,20,23). The van der Waals surface area contributed by atoms with Gasteiger partial charge in [-0.05, 0) is 60.7 Å². The lowest BCUT2D eigenvalue weighted by Crippen LogP contribution is -2.25. The van der Waals surface area contributed by atoms with Crippen molar-refractivity contribution in [2.24, 2.45) is 0 Å². The molecule has 2 aromatic carbocycles. The number of carbonyl (C=O) groups is 2. The van der Waals surface area contributed by atoms with E-state index in [0.29, 0.717) is 12.3 Å². The molecule has 130 valence electrons. The first-order valence-electron chi connectivity index (χ1n) is 8.04. The van der Waals surface area contributed by atoms with Gasteiger partial charge in [0.05, 0.1) is 0 Å². The minimum absolute atomic E-state index is 0.0384. The second kappa shape index (κ2) is 7.61. The summed E-state index contributed by atoms with van der Waals surface area (Å²) in [4.78, 5) is 26.5. The zero-order chi connectivity index (χ0) is 17.8. The lowest BCUT2D eigenvalue weighted by Gasteiger charge is -2.15. The van der Waals surface area contributed by atoms with Gasteiger partial charge >= 0.3 is 0 Å².